The molecule has 1 saturated carbocycles. The summed E-state index contributed by atoms with van der Waals surface area (Å²) < 4.78 is 13.3. The average Bonchev–Trinajstić information content (AvgIpc) is 3.62. The van der Waals surface area contributed by atoms with E-state index in [9.17, 15) is 4.79 Å². The van der Waals surface area contributed by atoms with Gasteiger partial charge in [-0.2, -0.15) is 21.4 Å². The summed E-state index contributed by atoms with van der Waals surface area (Å²) in [6.07, 6.45) is 4.96. The Labute approximate surface area is 270 Å². The highest BCUT2D eigenvalue weighted by atomic mass is 32.1. The molecule has 1 aliphatic rings. The Hall–Kier alpha value is -3.55. The lowest BCUT2D eigenvalue weighted by Crippen LogP contribution is -2.42. The van der Waals surface area contributed by atoms with Crippen LogP contribution in [0, 0.1) is 0 Å². The summed E-state index contributed by atoms with van der Waals surface area (Å²) in [5.41, 5.74) is 2.88. The maximum absolute atomic E-state index is 12.2. The first kappa shape index (κ1) is 32.8. The van der Waals surface area contributed by atoms with Crippen molar-refractivity contribution in [2.45, 2.75) is 103 Å². The highest BCUT2D eigenvalue weighted by Gasteiger charge is 2.26. The van der Waals surface area contributed by atoms with E-state index in [2.05, 4.69) is 57.4 Å². The summed E-state index contributed by atoms with van der Waals surface area (Å²) in [5.74, 6) is 1.34. The number of anilines is 2. The number of aromatic nitrogens is 5. The molecule has 3 N–H and O–H groups in total. The number of carbonyl (C=O) groups excluding carboxylic acids is 1. The normalized spacial score (nSPS) is 17.3. The number of nitrogens with zero attached hydrogens (tertiary/aromatic N) is 5. The number of pyridine rings is 1. The number of rotatable bonds is 12. The molecule has 242 valence electrons. The van der Waals surface area contributed by atoms with Gasteiger partial charge in [0.1, 0.15) is 23.8 Å². The van der Waals surface area contributed by atoms with E-state index in [1.807, 2.05) is 49.8 Å². The van der Waals surface area contributed by atoms with Crippen LogP contribution in [0.5, 0.6) is 0 Å². The zero-order chi connectivity index (χ0) is 32.0. The maximum Gasteiger partial charge on any atom is 0.407 e. The minimum atomic E-state index is -1.23. The van der Waals surface area contributed by atoms with Crippen molar-refractivity contribution in [2.24, 2.45) is 0 Å². The standard InChI is InChI=1S/C32H46N8O3SSi/c1-32(2,3)43-31(41)36-24-12-10-23(11-13-24)35-30-34-19-25-28(39-40(29(25)38-30)21-42-15-17-45(4,5)6)26-8-7-9-27(37-26)33-18-22-14-16-44-20-22/h7-9,14,16,19-20,23-24H,10-13,15,17-18,21H2,1-6H3,(H,33,37)(H,36,41)(H,34,35,38). The molecule has 0 atom stereocenters. The summed E-state index contributed by atoms with van der Waals surface area (Å²) in [6.45, 7) is 14.3. The molecular weight excluding hydrogens is 605 g/mol. The van der Waals surface area contributed by atoms with Crippen LogP contribution in [-0.4, -0.2) is 63.2 Å². The highest BCUT2D eigenvalue weighted by molar-refractivity contribution is 7.07. The van der Waals surface area contributed by atoms with Gasteiger partial charge in [0.2, 0.25) is 5.95 Å². The summed E-state index contributed by atoms with van der Waals surface area (Å²) in [4.78, 5) is 26.7. The van der Waals surface area contributed by atoms with Crippen LogP contribution in [0.1, 0.15) is 52.0 Å². The Kier molecular flexibility index (Phi) is 10.4. The molecule has 0 aliphatic heterocycles. The van der Waals surface area contributed by atoms with Crippen LogP contribution in [0.25, 0.3) is 22.4 Å². The van der Waals surface area contributed by atoms with Crippen LogP contribution >= 0.6 is 11.3 Å². The van der Waals surface area contributed by atoms with Crippen LogP contribution < -0.4 is 16.0 Å². The zero-order valence-corrected chi connectivity index (χ0v) is 29.0. The summed E-state index contributed by atoms with van der Waals surface area (Å²) in [5, 5.41) is 19.9. The predicted molar refractivity (Wildman–Crippen MR) is 183 cm³/mol. The Balaban J connectivity index is 1.30. The Bertz CT molecular complexity index is 1560. The largest absolute Gasteiger partial charge is 0.444 e. The number of hydrogen-bond donors (Lipinski definition) is 3. The van der Waals surface area contributed by atoms with E-state index < -0.39 is 13.7 Å². The second kappa shape index (κ2) is 14.3. The summed E-state index contributed by atoms with van der Waals surface area (Å²) in [7, 11) is -1.23. The second-order valence-electron chi connectivity index (χ2n) is 13.9. The minimum absolute atomic E-state index is 0.0987. The molecule has 0 saturated heterocycles. The number of ether oxygens (including phenoxy) is 2. The predicted octanol–water partition coefficient (Wildman–Crippen LogP) is 7.12. The fourth-order valence-electron chi connectivity index (χ4n) is 5.13. The van der Waals surface area contributed by atoms with E-state index in [1.54, 1.807) is 11.3 Å². The van der Waals surface area contributed by atoms with Gasteiger partial charge in [0, 0.05) is 39.5 Å². The van der Waals surface area contributed by atoms with Crippen molar-refractivity contribution in [2.75, 3.05) is 17.2 Å². The number of hydrogen-bond acceptors (Lipinski definition) is 10. The van der Waals surface area contributed by atoms with Crippen molar-refractivity contribution >= 4 is 48.3 Å². The number of nitrogens with one attached hydrogen (secondary N) is 3. The van der Waals surface area contributed by atoms with E-state index >= 15 is 0 Å². The van der Waals surface area contributed by atoms with Crippen LogP contribution in [0.2, 0.25) is 25.7 Å². The molecular formula is C32H46N8O3SSi. The van der Waals surface area contributed by atoms with Gasteiger partial charge in [-0.1, -0.05) is 25.7 Å². The first-order valence-corrected chi connectivity index (χ1v) is 20.4. The first-order chi connectivity index (χ1) is 21.4. The first-order valence-electron chi connectivity index (χ1n) is 15.7. The maximum atomic E-state index is 12.2. The molecule has 1 fully saturated rings. The van der Waals surface area contributed by atoms with Gasteiger partial charge in [0.15, 0.2) is 5.65 Å². The van der Waals surface area contributed by atoms with Crippen molar-refractivity contribution in [3.05, 3.63) is 46.8 Å². The third kappa shape index (κ3) is 9.72. The van der Waals surface area contributed by atoms with Crippen LogP contribution in [0.15, 0.2) is 41.2 Å². The van der Waals surface area contributed by atoms with Crippen molar-refractivity contribution in [1.82, 2.24) is 30.0 Å². The molecule has 0 spiro atoms. The number of amides is 1. The lowest BCUT2D eigenvalue weighted by atomic mass is 9.91. The van der Waals surface area contributed by atoms with Crippen molar-refractivity contribution < 1.29 is 14.3 Å². The lowest BCUT2D eigenvalue weighted by molar-refractivity contribution is 0.0492. The molecule has 1 amide bonds. The topological polar surface area (TPSA) is 128 Å². The van der Waals surface area contributed by atoms with Crippen LogP contribution in [0.4, 0.5) is 16.6 Å². The third-order valence-corrected chi connectivity index (χ3v) is 9.96. The monoisotopic (exact) mass is 650 g/mol. The van der Waals surface area contributed by atoms with Crippen molar-refractivity contribution in [3.8, 4) is 11.4 Å². The molecule has 0 radical (unpaired) electrons. The number of fused-ring (bicyclic) bond motifs is 1. The summed E-state index contributed by atoms with van der Waals surface area (Å²) >= 11 is 1.68. The average molecular weight is 651 g/mol. The van der Waals surface area contributed by atoms with E-state index in [0.29, 0.717) is 31.5 Å². The summed E-state index contributed by atoms with van der Waals surface area (Å²) in [6, 6.07) is 9.39. The number of thiophene rings is 1. The molecule has 4 aromatic heterocycles. The second-order valence-corrected chi connectivity index (χ2v) is 20.3. The van der Waals surface area contributed by atoms with Gasteiger partial charge in [0.25, 0.3) is 0 Å². The molecule has 0 unspecified atom stereocenters. The smallest absolute Gasteiger partial charge is 0.407 e. The SMILES string of the molecule is CC(C)(C)OC(=O)NC1CCC(Nc2ncc3c(-c4cccc(NCc5ccsc5)n4)nn(COCC[Si](C)(C)C)c3n2)CC1. The van der Waals surface area contributed by atoms with E-state index in [0.717, 1.165) is 54.3 Å². The van der Waals surface area contributed by atoms with E-state index in [-0.39, 0.29) is 18.2 Å². The Morgan fingerprint density at radius 2 is 1.87 bits per heavy atom. The van der Waals surface area contributed by atoms with Crippen LogP contribution in [-0.2, 0) is 22.7 Å². The van der Waals surface area contributed by atoms with E-state index in [4.69, 9.17) is 24.5 Å². The molecule has 0 bridgehead atoms. The van der Waals surface area contributed by atoms with Gasteiger partial charge in [-0.25, -0.2) is 19.4 Å². The highest BCUT2D eigenvalue weighted by Crippen LogP contribution is 2.28. The zero-order valence-electron chi connectivity index (χ0n) is 27.2. The number of alkyl carbamates (subject to hydrolysis) is 1. The van der Waals surface area contributed by atoms with Gasteiger partial charge in [-0.15, -0.1) is 0 Å². The van der Waals surface area contributed by atoms with Crippen molar-refractivity contribution in [3.63, 3.8) is 0 Å². The number of carbonyl (C=O) groups is 1. The molecule has 13 heteroatoms. The fourth-order valence-corrected chi connectivity index (χ4v) is 6.55. The fraction of sp³-hybridized carbons (Fsp3) is 0.531. The Morgan fingerprint density at radius 1 is 1.09 bits per heavy atom. The molecule has 1 aliphatic carbocycles. The van der Waals surface area contributed by atoms with Crippen molar-refractivity contribution in [1.29, 1.82) is 0 Å². The van der Waals surface area contributed by atoms with Gasteiger partial charge < -0.3 is 25.4 Å². The molecule has 11 nitrogen and oxygen atoms in total. The van der Waals surface area contributed by atoms with Gasteiger partial charge in [-0.05, 0) is 87.0 Å². The minimum Gasteiger partial charge on any atom is -0.444 e. The van der Waals surface area contributed by atoms with Gasteiger partial charge in [-0.3, -0.25) is 0 Å². The quantitative estimate of drug-likeness (QED) is 0.108. The van der Waals surface area contributed by atoms with E-state index in [1.165, 1.54) is 5.56 Å². The van der Waals surface area contributed by atoms with Crippen LogP contribution in [0.3, 0.4) is 0 Å². The molecule has 45 heavy (non-hydrogen) atoms. The molecule has 4 aromatic rings. The lowest BCUT2D eigenvalue weighted by Gasteiger charge is -2.30. The van der Waals surface area contributed by atoms with Gasteiger partial charge in [0.05, 0.1) is 11.1 Å². The Morgan fingerprint density at radius 3 is 2.58 bits per heavy atom. The van der Waals surface area contributed by atoms with Gasteiger partial charge >= 0.3 is 6.09 Å². The molecule has 0 aromatic carbocycles. The molecule has 5 rings (SSSR count). The third-order valence-electron chi connectivity index (χ3n) is 7.53. The molecule has 4 heterocycles.